The summed E-state index contributed by atoms with van der Waals surface area (Å²) in [6, 6.07) is 2.22. The second-order valence-electron chi connectivity index (χ2n) is 17.9. The number of nitrogens with zero attached hydrogens (tertiary/aromatic N) is 1. The minimum atomic E-state index is -0.804. The fraction of sp³-hybridized carbons (Fsp3) is 0.805. The summed E-state index contributed by atoms with van der Waals surface area (Å²) in [5.74, 6) is 5.59. The van der Waals surface area contributed by atoms with Crippen LogP contribution in [0.2, 0.25) is 0 Å². The predicted molar refractivity (Wildman–Crippen MR) is 178 cm³/mol. The zero-order chi connectivity index (χ0) is 32.6. The summed E-state index contributed by atoms with van der Waals surface area (Å²) in [6.07, 6.45) is 19.9. The van der Waals surface area contributed by atoms with Crippen LogP contribution in [-0.4, -0.2) is 28.1 Å². The normalized spacial score (nSPS) is 47.5. The highest BCUT2D eigenvalue weighted by molar-refractivity contribution is 5.93. The van der Waals surface area contributed by atoms with E-state index in [9.17, 15) is 19.5 Å². The van der Waals surface area contributed by atoms with Gasteiger partial charge in [-0.2, -0.15) is 5.26 Å². The van der Waals surface area contributed by atoms with Crippen molar-refractivity contribution in [3.63, 3.8) is 0 Å². The van der Waals surface area contributed by atoms with Crippen LogP contribution in [0.5, 0.6) is 0 Å². The minimum absolute atomic E-state index is 0.122. The smallest absolute Gasteiger partial charge is 0.156 e. The first-order chi connectivity index (χ1) is 21.8. The van der Waals surface area contributed by atoms with Crippen LogP contribution in [0.15, 0.2) is 22.8 Å². The van der Waals surface area contributed by atoms with Crippen molar-refractivity contribution < 1.29 is 19.5 Å². The van der Waals surface area contributed by atoms with Crippen LogP contribution >= 0.6 is 0 Å². The Hall–Kier alpha value is -2.06. The van der Waals surface area contributed by atoms with E-state index in [0.717, 1.165) is 88.4 Å². The number of rotatable bonds is 2. The molecule has 5 heteroatoms. The molecule has 0 bridgehead atoms. The van der Waals surface area contributed by atoms with E-state index in [0.29, 0.717) is 47.1 Å². The number of Topliss-reactive ketones (excluding diaryl/α,β-unsaturated/α-hetero) is 2. The average Bonchev–Trinajstić information content (AvgIpc) is 3.51. The van der Waals surface area contributed by atoms with E-state index in [4.69, 9.17) is 5.26 Å². The molecule has 250 valence electrons. The number of carbonyl (C=O) groups is 3. The predicted octanol–water partition coefficient (Wildman–Crippen LogP) is 8.64. The van der Waals surface area contributed by atoms with Gasteiger partial charge in [0.1, 0.15) is 11.6 Å². The Morgan fingerprint density at radius 1 is 0.848 bits per heavy atom. The molecule has 46 heavy (non-hydrogen) atoms. The van der Waals surface area contributed by atoms with Gasteiger partial charge in [-0.3, -0.25) is 14.4 Å². The summed E-state index contributed by atoms with van der Waals surface area (Å²) in [7, 11) is 0. The van der Waals surface area contributed by atoms with Gasteiger partial charge >= 0.3 is 0 Å². The van der Waals surface area contributed by atoms with Crippen molar-refractivity contribution in [3.05, 3.63) is 22.8 Å². The summed E-state index contributed by atoms with van der Waals surface area (Å²) >= 11 is 0. The first-order valence-electron chi connectivity index (χ1n) is 18.9. The molecule has 8 aliphatic carbocycles. The number of carbonyl (C=O) groups excluding carboxylic acids is 3. The van der Waals surface area contributed by atoms with Crippen LogP contribution in [0.4, 0.5) is 0 Å². The lowest BCUT2D eigenvalue weighted by Crippen LogP contribution is -2.53. The number of hydrogen-bond donors (Lipinski definition) is 1. The monoisotopic (exact) mass is 627 g/mol. The second kappa shape index (κ2) is 11.5. The standard InChI is InChI=1S/C21H32O2.C20H25NO2/c1-13(22)17-6-7-18-16-5-4-14-12-15(23)8-10-20(14,2)19(16)9-11-21(17,18)3;1-19-8-6-16-15-5-3-14(22)12-13(15)2-4-17(16)18(19)7-9-20(19,23)10-11-21/h14,16-19H,4-12H2,1-3H3;12,17-18,23H,2-10H2,1H3/t14-,16-,17+,18-,19-,20-,21+;17-,18+,19+,20-/m01/s1. The highest BCUT2D eigenvalue weighted by Gasteiger charge is 2.62. The maximum absolute atomic E-state index is 12.2. The molecule has 0 radical (unpaired) electrons. The molecule has 0 aliphatic heterocycles. The molecular formula is C41H57NO4. The molecule has 11 atom stereocenters. The fourth-order valence-electron chi connectivity index (χ4n) is 13.8. The van der Waals surface area contributed by atoms with Gasteiger partial charge in [0.05, 0.1) is 18.1 Å². The Bertz CT molecular complexity index is 1420. The number of allylic oxidation sites excluding steroid dienone is 4. The fourth-order valence-corrected chi connectivity index (χ4v) is 13.8. The van der Waals surface area contributed by atoms with Crippen LogP contribution < -0.4 is 0 Å². The van der Waals surface area contributed by atoms with E-state index in [-0.39, 0.29) is 23.0 Å². The molecular weight excluding hydrogens is 570 g/mol. The molecule has 6 fully saturated rings. The highest BCUT2D eigenvalue weighted by atomic mass is 16.3. The molecule has 8 aliphatic rings. The quantitative estimate of drug-likeness (QED) is 0.331. The molecule has 0 aromatic heterocycles. The van der Waals surface area contributed by atoms with Crippen molar-refractivity contribution in [3.8, 4) is 6.07 Å². The Balaban J connectivity index is 0.000000147. The molecule has 0 unspecified atom stereocenters. The van der Waals surface area contributed by atoms with Crippen LogP contribution in [0, 0.1) is 69.0 Å². The molecule has 8 rings (SSSR count). The van der Waals surface area contributed by atoms with Crippen LogP contribution in [0.25, 0.3) is 0 Å². The van der Waals surface area contributed by atoms with E-state index < -0.39 is 5.60 Å². The Morgan fingerprint density at radius 2 is 1.61 bits per heavy atom. The van der Waals surface area contributed by atoms with Crippen molar-refractivity contribution in [1.82, 2.24) is 0 Å². The van der Waals surface area contributed by atoms with E-state index in [1.54, 1.807) is 5.57 Å². The highest BCUT2D eigenvalue weighted by Crippen LogP contribution is 2.68. The third-order valence-corrected chi connectivity index (χ3v) is 16.4. The van der Waals surface area contributed by atoms with Crippen molar-refractivity contribution in [1.29, 1.82) is 5.26 Å². The van der Waals surface area contributed by atoms with Gasteiger partial charge in [0.15, 0.2) is 5.78 Å². The summed E-state index contributed by atoms with van der Waals surface area (Å²) < 4.78 is 0. The first kappa shape index (κ1) is 32.5. The van der Waals surface area contributed by atoms with Gasteiger partial charge in [-0.15, -0.1) is 0 Å². The van der Waals surface area contributed by atoms with Gasteiger partial charge in [-0.25, -0.2) is 0 Å². The molecule has 0 saturated heterocycles. The van der Waals surface area contributed by atoms with Crippen molar-refractivity contribution in [2.24, 2.45) is 57.7 Å². The molecule has 0 heterocycles. The maximum Gasteiger partial charge on any atom is 0.156 e. The van der Waals surface area contributed by atoms with Crippen LogP contribution in [-0.2, 0) is 14.4 Å². The Morgan fingerprint density at radius 3 is 2.37 bits per heavy atom. The average molecular weight is 628 g/mol. The lowest BCUT2D eigenvalue weighted by molar-refractivity contribution is -0.143. The third kappa shape index (κ3) is 4.81. The summed E-state index contributed by atoms with van der Waals surface area (Å²) in [6.45, 7) is 8.96. The van der Waals surface area contributed by atoms with E-state index in [1.807, 2.05) is 13.0 Å². The Labute approximate surface area is 277 Å². The van der Waals surface area contributed by atoms with Gasteiger partial charge in [-0.05, 0) is 160 Å². The number of nitriles is 1. The van der Waals surface area contributed by atoms with Gasteiger partial charge in [-0.1, -0.05) is 26.3 Å². The zero-order valence-electron chi connectivity index (χ0n) is 29.0. The van der Waals surface area contributed by atoms with Gasteiger partial charge < -0.3 is 5.11 Å². The lowest BCUT2D eigenvalue weighted by atomic mass is 9.44. The number of ketones is 3. The van der Waals surface area contributed by atoms with Crippen molar-refractivity contribution in [2.75, 3.05) is 0 Å². The molecule has 5 nitrogen and oxygen atoms in total. The molecule has 1 N–H and O–H groups in total. The molecule has 0 spiro atoms. The summed E-state index contributed by atoms with van der Waals surface area (Å²) in [4.78, 5) is 35.8. The van der Waals surface area contributed by atoms with E-state index in [1.165, 1.54) is 43.3 Å². The lowest BCUT2D eigenvalue weighted by Gasteiger charge is -2.60. The van der Waals surface area contributed by atoms with Crippen LogP contribution in [0.1, 0.15) is 143 Å². The van der Waals surface area contributed by atoms with Crippen LogP contribution in [0.3, 0.4) is 0 Å². The van der Waals surface area contributed by atoms with Crippen molar-refractivity contribution >= 4 is 17.3 Å². The molecule has 6 saturated carbocycles. The van der Waals surface area contributed by atoms with Gasteiger partial charge in [0, 0.05) is 30.6 Å². The first-order valence-corrected chi connectivity index (χ1v) is 18.9. The summed E-state index contributed by atoms with van der Waals surface area (Å²) in [5, 5.41) is 20.3. The summed E-state index contributed by atoms with van der Waals surface area (Å²) in [5.41, 5.74) is 4.08. The molecule has 0 amide bonds. The van der Waals surface area contributed by atoms with Crippen molar-refractivity contribution in [2.45, 2.75) is 149 Å². The third-order valence-electron chi connectivity index (χ3n) is 16.4. The number of aliphatic hydroxyl groups is 1. The SMILES string of the molecule is CC(=O)[C@H]1CC[C@H]2[C@@H]3CC[C@H]4CC(=O)CC[C@]4(C)[C@H]3CC[C@]12C.C[C@]12CCC3=C4CCC(=O)C=C4CC[C@H]3[C@@H]1CC[C@@]2(O)CC#N. The van der Waals surface area contributed by atoms with Gasteiger partial charge in [0.2, 0.25) is 0 Å². The van der Waals surface area contributed by atoms with E-state index in [2.05, 4.69) is 26.8 Å². The largest absolute Gasteiger partial charge is 0.388 e. The maximum atomic E-state index is 12.2. The Kier molecular flexibility index (Phi) is 8.14. The number of fused-ring (bicyclic) bond motifs is 9. The van der Waals surface area contributed by atoms with Gasteiger partial charge in [0.25, 0.3) is 0 Å². The van der Waals surface area contributed by atoms with E-state index >= 15 is 0 Å². The minimum Gasteiger partial charge on any atom is -0.388 e. The number of hydrogen-bond acceptors (Lipinski definition) is 5. The second-order valence-corrected chi connectivity index (χ2v) is 17.9. The topological polar surface area (TPSA) is 95.2 Å². The molecule has 0 aromatic rings. The zero-order valence-corrected chi connectivity index (χ0v) is 29.0. The molecule has 0 aromatic carbocycles.